The Kier molecular flexibility index (Phi) is 16.6. The maximum absolute atomic E-state index is 12.7. The van der Waals surface area contributed by atoms with Crippen LogP contribution in [0.5, 0.6) is 5.75 Å². The fourth-order valence-electron chi connectivity index (χ4n) is 5.23. The zero-order valence-electron chi connectivity index (χ0n) is 31.4. The number of imidazole rings is 1. The number of phenolic OH excluding ortho intramolecular Hbond substituents is 1. The van der Waals surface area contributed by atoms with Crippen molar-refractivity contribution in [2.45, 2.75) is 57.3 Å². The maximum atomic E-state index is 12.7. The Morgan fingerprint density at radius 2 is 1.67 bits per heavy atom. The number of Topliss-reactive ketones (excluding diaryl/α,β-unsaturated/α-hetero) is 1. The first-order valence-corrected chi connectivity index (χ1v) is 22.8. The number of benzene rings is 1. The summed E-state index contributed by atoms with van der Waals surface area (Å²) >= 11 is 0.826. The number of carbonyl (C=O) groups is 4. The first-order chi connectivity index (χ1) is 27.9. The van der Waals surface area contributed by atoms with E-state index in [1.165, 1.54) is 38.1 Å². The molecule has 0 aliphatic carbocycles. The number of ether oxygens (including phenoxy) is 1. The number of nitrogen functional groups attached to an aromatic ring is 1. The number of anilines is 1. The average molecular weight is 930 g/mol. The third-order valence-corrected chi connectivity index (χ3v) is 12.2. The molecule has 0 saturated carbocycles. The fourth-order valence-corrected chi connectivity index (χ4v) is 8.72. The molecule has 2 aromatic heterocycles. The van der Waals surface area contributed by atoms with E-state index >= 15 is 0 Å². The van der Waals surface area contributed by atoms with E-state index < -0.39 is 95.5 Å². The first kappa shape index (κ1) is 48.9. The van der Waals surface area contributed by atoms with E-state index in [9.17, 15) is 67.8 Å². The molecule has 1 aliphatic rings. The SMILES string of the molecule is CC(C)(COP(=O)(O)OP(=O)(O)OC[C@H]1O[C@@H](n2cnc3c(N)ncnc32)[C@H](O)[C@@H]1OP(=O)(O)O)[C@@H](O)C(=O)NCCC(=O)NCCSC(=O)CC(=O)c1ccc(O)cc1. The van der Waals surface area contributed by atoms with Crippen LogP contribution in [0.2, 0.25) is 0 Å². The van der Waals surface area contributed by atoms with E-state index in [4.69, 9.17) is 19.5 Å². The number of aromatic hydroxyl groups is 1. The Morgan fingerprint density at radius 1 is 1.00 bits per heavy atom. The van der Waals surface area contributed by atoms with Crippen LogP contribution in [0, 0.1) is 5.41 Å². The number of hydrogen-bond acceptors (Lipinski definition) is 20. The van der Waals surface area contributed by atoms with Crippen molar-refractivity contribution in [1.29, 1.82) is 0 Å². The van der Waals surface area contributed by atoms with Crippen LogP contribution < -0.4 is 16.4 Å². The summed E-state index contributed by atoms with van der Waals surface area (Å²) in [6.45, 7) is 0.168. The van der Waals surface area contributed by atoms with Gasteiger partial charge in [-0.2, -0.15) is 4.31 Å². The number of hydrogen-bond donors (Lipinski definition) is 10. The number of nitrogens with two attached hydrogens (primary N) is 1. The molecule has 1 aromatic carbocycles. The fraction of sp³-hybridized carbons (Fsp3) is 0.500. The number of phenols is 1. The minimum atomic E-state index is -5.60. The number of thioether (sulfide) groups is 1. The van der Waals surface area contributed by atoms with Crippen LogP contribution in [-0.4, -0.2) is 134 Å². The molecule has 3 heterocycles. The molecule has 60 heavy (non-hydrogen) atoms. The van der Waals surface area contributed by atoms with Crippen LogP contribution in [0.1, 0.15) is 43.3 Å². The molecule has 7 atom stereocenters. The Morgan fingerprint density at radius 3 is 2.33 bits per heavy atom. The zero-order valence-corrected chi connectivity index (χ0v) is 34.9. The number of nitrogens with zero attached hydrogens (tertiary/aromatic N) is 4. The van der Waals surface area contributed by atoms with E-state index in [2.05, 4.69) is 34.4 Å². The van der Waals surface area contributed by atoms with Gasteiger partial charge in [0.2, 0.25) is 11.8 Å². The van der Waals surface area contributed by atoms with Crippen molar-refractivity contribution < 1.29 is 90.4 Å². The predicted octanol–water partition coefficient (Wildman–Crippen LogP) is -0.357. The van der Waals surface area contributed by atoms with Crippen molar-refractivity contribution in [3.8, 4) is 5.75 Å². The molecule has 332 valence electrons. The van der Waals surface area contributed by atoms with Gasteiger partial charge in [-0.05, 0) is 24.3 Å². The van der Waals surface area contributed by atoms with Crippen molar-refractivity contribution >= 4 is 74.9 Å². The lowest BCUT2D eigenvalue weighted by atomic mass is 9.87. The number of phosphoric acid groups is 3. The van der Waals surface area contributed by atoms with Crippen LogP contribution in [0.4, 0.5) is 5.82 Å². The Labute approximate surface area is 343 Å². The van der Waals surface area contributed by atoms with E-state index in [1.807, 2.05) is 0 Å². The second-order valence-corrected chi connectivity index (χ2v) is 18.8. The predicted molar refractivity (Wildman–Crippen MR) is 204 cm³/mol. The summed E-state index contributed by atoms with van der Waals surface area (Å²) < 4.78 is 62.1. The number of aliphatic hydroxyl groups excluding tert-OH is 2. The Hall–Kier alpha value is -3.75. The van der Waals surface area contributed by atoms with E-state index in [0.717, 1.165) is 29.0 Å². The summed E-state index contributed by atoms with van der Waals surface area (Å²) in [7, 11) is -16.5. The minimum absolute atomic E-state index is 0.0183. The van der Waals surface area contributed by atoms with Crippen molar-refractivity contribution in [3.63, 3.8) is 0 Å². The molecule has 0 radical (unpaired) electrons. The van der Waals surface area contributed by atoms with Gasteiger partial charge < -0.3 is 56.0 Å². The highest BCUT2D eigenvalue weighted by Crippen LogP contribution is 2.61. The Balaban J connectivity index is 1.20. The summed E-state index contributed by atoms with van der Waals surface area (Å²) in [6, 6.07) is 5.41. The summed E-state index contributed by atoms with van der Waals surface area (Å²) in [5.74, 6) is -1.92. The van der Waals surface area contributed by atoms with Crippen LogP contribution in [0.3, 0.4) is 0 Å². The highest BCUT2D eigenvalue weighted by atomic mass is 32.2. The highest BCUT2D eigenvalue weighted by Gasteiger charge is 2.50. The summed E-state index contributed by atoms with van der Waals surface area (Å²) in [6.07, 6.45) is -7.51. The second kappa shape index (κ2) is 20.4. The normalized spacial score (nSPS) is 20.9. The highest BCUT2D eigenvalue weighted by molar-refractivity contribution is 8.13. The van der Waals surface area contributed by atoms with E-state index in [-0.39, 0.29) is 60.0 Å². The molecular formula is C30H42N7O19P3S. The minimum Gasteiger partial charge on any atom is -0.508 e. The van der Waals surface area contributed by atoms with Crippen molar-refractivity contribution in [2.24, 2.45) is 5.41 Å². The largest absolute Gasteiger partial charge is 0.508 e. The molecule has 3 aromatic rings. The molecule has 1 aliphatic heterocycles. The van der Waals surface area contributed by atoms with Crippen LogP contribution in [0.15, 0.2) is 36.9 Å². The number of fused-ring (bicyclic) bond motifs is 1. The van der Waals surface area contributed by atoms with Gasteiger partial charge in [-0.1, -0.05) is 25.6 Å². The van der Waals surface area contributed by atoms with Gasteiger partial charge >= 0.3 is 23.5 Å². The Bertz CT molecular complexity index is 2170. The molecule has 1 saturated heterocycles. The van der Waals surface area contributed by atoms with Crippen LogP contribution in [0.25, 0.3) is 11.2 Å². The van der Waals surface area contributed by atoms with Gasteiger partial charge in [-0.25, -0.2) is 28.6 Å². The van der Waals surface area contributed by atoms with Gasteiger partial charge in [0.05, 0.1) is 26.0 Å². The molecule has 26 nitrogen and oxygen atoms in total. The zero-order chi connectivity index (χ0) is 44.6. The van der Waals surface area contributed by atoms with Crippen molar-refractivity contribution in [3.05, 3.63) is 42.5 Å². The van der Waals surface area contributed by atoms with Gasteiger partial charge in [-0.3, -0.25) is 37.3 Å². The number of amides is 2. The molecule has 0 spiro atoms. The second-order valence-electron chi connectivity index (χ2n) is 13.4. The summed E-state index contributed by atoms with van der Waals surface area (Å²) in [5, 5.41) is 35.2. The average Bonchev–Trinajstić information content (AvgIpc) is 3.71. The number of carbonyl (C=O) groups excluding carboxylic acids is 4. The maximum Gasteiger partial charge on any atom is 0.481 e. The molecule has 11 N–H and O–H groups in total. The third-order valence-electron chi connectivity index (χ3n) is 8.26. The van der Waals surface area contributed by atoms with Gasteiger partial charge in [-0.15, -0.1) is 0 Å². The summed E-state index contributed by atoms with van der Waals surface area (Å²) in [5.41, 5.74) is 4.45. The lowest BCUT2D eigenvalue weighted by molar-refractivity contribution is -0.137. The molecule has 1 fully saturated rings. The smallest absolute Gasteiger partial charge is 0.481 e. The van der Waals surface area contributed by atoms with Gasteiger partial charge in [0.15, 0.2) is 28.6 Å². The van der Waals surface area contributed by atoms with Gasteiger partial charge in [0.25, 0.3) is 0 Å². The molecule has 2 amide bonds. The molecular weight excluding hydrogens is 887 g/mol. The van der Waals surface area contributed by atoms with Gasteiger partial charge in [0.1, 0.15) is 42.0 Å². The topological polar surface area (TPSA) is 401 Å². The van der Waals surface area contributed by atoms with E-state index in [1.54, 1.807) is 0 Å². The van der Waals surface area contributed by atoms with E-state index in [0.29, 0.717) is 0 Å². The lowest BCUT2D eigenvalue weighted by Gasteiger charge is -2.30. The van der Waals surface area contributed by atoms with Crippen LogP contribution in [-0.2, 0) is 50.7 Å². The quantitative estimate of drug-likeness (QED) is 0.0266. The number of aliphatic hydroxyl groups is 2. The summed E-state index contributed by atoms with van der Waals surface area (Å²) in [4.78, 5) is 100.0. The van der Waals surface area contributed by atoms with Crippen LogP contribution >= 0.6 is 35.2 Å². The monoisotopic (exact) mass is 929 g/mol. The number of nitrogens with one attached hydrogen (secondary N) is 2. The number of ketones is 1. The third kappa shape index (κ3) is 14.2. The molecule has 0 bridgehead atoms. The molecule has 4 rings (SSSR count). The number of phosphoric ester groups is 3. The van der Waals surface area contributed by atoms with Crippen molar-refractivity contribution in [1.82, 2.24) is 30.2 Å². The van der Waals surface area contributed by atoms with Crippen molar-refractivity contribution in [2.75, 3.05) is 37.8 Å². The first-order valence-electron chi connectivity index (χ1n) is 17.2. The standard InChI is InChI=1S/C30H42N7O19P3S/c1-30(2,25(43)28(44)33-8-7-20(40)32-9-10-60-21(41)11-18(39)16-3-5-17(38)6-4-16)13-53-59(50,51)56-58(48,49)52-12-19-24(55-57(45,46)47)23(42)29(54-19)37-15-36-22-26(31)34-14-35-27(22)37/h3-6,14-15,19,23-25,29,38,42-43H,7-13H2,1-2H3,(H,32,40)(H,33,44)(H,48,49)(H,50,51)(H2,31,34,35)(H2,45,46,47)/t19-,23-,24-,25+,29-/m1/s1. The number of rotatable bonds is 22. The molecule has 30 heteroatoms. The molecule has 2 unspecified atom stereocenters. The van der Waals surface area contributed by atoms with Gasteiger partial charge in [0, 0.05) is 36.2 Å². The number of aromatic nitrogens is 4. The lowest BCUT2D eigenvalue weighted by Crippen LogP contribution is -2.46.